The van der Waals surface area contributed by atoms with Crippen molar-refractivity contribution in [1.29, 1.82) is 0 Å². The van der Waals surface area contributed by atoms with Crippen molar-refractivity contribution in [2.75, 3.05) is 7.11 Å². The number of alkyl halides is 3. The third kappa shape index (κ3) is 4.91. The fourth-order valence-electron chi connectivity index (χ4n) is 1.50. The highest BCUT2D eigenvalue weighted by molar-refractivity contribution is 5.28. The average Bonchev–Trinajstić information content (AvgIpc) is 2.25. The molecule has 2 nitrogen and oxygen atoms in total. The summed E-state index contributed by atoms with van der Waals surface area (Å²) >= 11 is 0. The Morgan fingerprint density at radius 3 is 2.50 bits per heavy atom. The molecule has 1 N–H and O–H groups in total. The van der Waals surface area contributed by atoms with Gasteiger partial charge in [0, 0.05) is 24.2 Å². The summed E-state index contributed by atoms with van der Waals surface area (Å²) in [6, 6.07) is 3.49. The Bertz CT molecular complexity index is 392. The highest BCUT2D eigenvalue weighted by Crippen LogP contribution is 2.22. The number of rotatable bonds is 5. The fourth-order valence-corrected chi connectivity index (χ4v) is 1.50. The molecule has 1 aromatic carbocycles. The molecule has 0 spiro atoms. The maximum Gasteiger partial charge on any atom is 0.390 e. The Hall–Kier alpha value is -1.30. The summed E-state index contributed by atoms with van der Waals surface area (Å²) in [6.07, 6.45) is -5.16. The largest absolute Gasteiger partial charge is 0.497 e. The molecule has 0 amide bonds. The van der Waals surface area contributed by atoms with E-state index in [-0.39, 0.29) is 6.54 Å². The van der Waals surface area contributed by atoms with Gasteiger partial charge in [0.05, 0.1) is 13.5 Å². The van der Waals surface area contributed by atoms with Crippen LogP contribution in [0.4, 0.5) is 17.6 Å². The zero-order chi connectivity index (χ0) is 13.8. The molecule has 0 aliphatic rings. The summed E-state index contributed by atoms with van der Waals surface area (Å²) in [5.74, 6) is -0.124. The van der Waals surface area contributed by atoms with Crippen molar-refractivity contribution in [1.82, 2.24) is 5.32 Å². The summed E-state index contributed by atoms with van der Waals surface area (Å²) in [7, 11) is 1.41. The predicted octanol–water partition coefficient (Wildman–Crippen LogP) is 3.26. The molecule has 6 heteroatoms. The van der Waals surface area contributed by atoms with E-state index in [0.717, 1.165) is 0 Å². The third-order valence-corrected chi connectivity index (χ3v) is 2.44. The molecule has 1 unspecified atom stereocenters. The van der Waals surface area contributed by atoms with Gasteiger partial charge >= 0.3 is 6.18 Å². The van der Waals surface area contributed by atoms with Gasteiger partial charge in [-0.05, 0) is 13.0 Å². The smallest absolute Gasteiger partial charge is 0.390 e. The van der Waals surface area contributed by atoms with Crippen LogP contribution in [0.15, 0.2) is 18.2 Å². The van der Waals surface area contributed by atoms with E-state index in [1.54, 1.807) is 6.07 Å². The molecule has 18 heavy (non-hydrogen) atoms. The first-order valence-electron chi connectivity index (χ1n) is 5.44. The van der Waals surface area contributed by atoms with Gasteiger partial charge in [-0.25, -0.2) is 4.39 Å². The molecule has 102 valence electrons. The van der Waals surface area contributed by atoms with Crippen LogP contribution in [0.1, 0.15) is 18.9 Å². The summed E-state index contributed by atoms with van der Waals surface area (Å²) in [5.41, 5.74) is 0.310. The van der Waals surface area contributed by atoms with Crippen molar-refractivity contribution >= 4 is 0 Å². The van der Waals surface area contributed by atoms with E-state index in [0.29, 0.717) is 11.3 Å². The minimum atomic E-state index is -4.22. The van der Waals surface area contributed by atoms with Gasteiger partial charge in [0.15, 0.2) is 0 Å². The number of halogens is 4. The molecule has 0 bridgehead atoms. The molecule has 1 aromatic rings. The van der Waals surface area contributed by atoms with Crippen molar-refractivity contribution < 1.29 is 22.3 Å². The zero-order valence-electron chi connectivity index (χ0n) is 10.1. The summed E-state index contributed by atoms with van der Waals surface area (Å²) in [6.45, 7) is 1.46. The fraction of sp³-hybridized carbons (Fsp3) is 0.500. The van der Waals surface area contributed by atoms with Gasteiger partial charge in [-0.15, -0.1) is 0 Å². The SMILES string of the molecule is COc1ccc(CNC(C)CC(F)(F)F)c(F)c1. The number of methoxy groups -OCH3 is 1. The zero-order valence-corrected chi connectivity index (χ0v) is 10.1. The van der Waals surface area contributed by atoms with E-state index in [2.05, 4.69) is 5.32 Å². The number of hydrogen-bond donors (Lipinski definition) is 1. The first-order valence-corrected chi connectivity index (χ1v) is 5.44. The van der Waals surface area contributed by atoms with Gasteiger partial charge in [0.1, 0.15) is 11.6 Å². The number of nitrogens with one attached hydrogen (secondary N) is 1. The first kappa shape index (κ1) is 14.8. The van der Waals surface area contributed by atoms with E-state index in [1.165, 1.54) is 26.2 Å². The molecule has 0 aliphatic heterocycles. The van der Waals surface area contributed by atoms with Gasteiger partial charge in [-0.1, -0.05) is 6.07 Å². The lowest BCUT2D eigenvalue weighted by Crippen LogP contribution is -2.30. The molecule has 0 heterocycles. The lowest BCUT2D eigenvalue weighted by molar-refractivity contribution is -0.139. The maximum absolute atomic E-state index is 13.5. The lowest BCUT2D eigenvalue weighted by atomic mass is 10.1. The number of hydrogen-bond acceptors (Lipinski definition) is 2. The molecule has 1 rings (SSSR count). The topological polar surface area (TPSA) is 21.3 Å². The Labute approximate surface area is 103 Å². The Kier molecular flexibility index (Phi) is 4.95. The summed E-state index contributed by atoms with van der Waals surface area (Å²) < 4.78 is 54.6. The molecule has 0 aliphatic carbocycles. The van der Waals surface area contributed by atoms with Crippen LogP contribution in [0, 0.1) is 5.82 Å². The molecule has 0 saturated heterocycles. The van der Waals surface area contributed by atoms with Gasteiger partial charge in [-0.2, -0.15) is 13.2 Å². The standard InChI is InChI=1S/C12H15F4NO/c1-8(6-12(14,15)16)17-7-9-3-4-10(18-2)5-11(9)13/h3-5,8,17H,6-7H2,1-2H3. The van der Waals surface area contributed by atoms with Crippen molar-refractivity contribution in [2.45, 2.75) is 32.1 Å². The quantitative estimate of drug-likeness (QED) is 0.825. The monoisotopic (exact) mass is 265 g/mol. The van der Waals surface area contributed by atoms with Crippen LogP contribution in [0.5, 0.6) is 5.75 Å². The third-order valence-electron chi connectivity index (χ3n) is 2.44. The molecule has 0 radical (unpaired) electrons. The van der Waals surface area contributed by atoms with Gasteiger partial charge in [-0.3, -0.25) is 0 Å². The van der Waals surface area contributed by atoms with Crippen LogP contribution in [0.25, 0.3) is 0 Å². The molecule has 0 fully saturated rings. The molecule has 0 aromatic heterocycles. The highest BCUT2D eigenvalue weighted by Gasteiger charge is 2.29. The van der Waals surface area contributed by atoms with Gasteiger partial charge in [0.25, 0.3) is 0 Å². The molecular weight excluding hydrogens is 250 g/mol. The van der Waals surface area contributed by atoms with E-state index in [9.17, 15) is 17.6 Å². The van der Waals surface area contributed by atoms with Gasteiger partial charge < -0.3 is 10.1 Å². The van der Waals surface area contributed by atoms with Crippen molar-refractivity contribution in [2.24, 2.45) is 0 Å². The van der Waals surface area contributed by atoms with Crippen molar-refractivity contribution in [3.05, 3.63) is 29.6 Å². The predicted molar refractivity (Wildman–Crippen MR) is 59.9 cm³/mol. The van der Waals surface area contributed by atoms with E-state index in [1.807, 2.05) is 0 Å². The number of benzene rings is 1. The maximum atomic E-state index is 13.5. The van der Waals surface area contributed by atoms with Crippen LogP contribution >= 0.6 is 0 Å². The Morgan fingerprint density at radius 1 is 1.33 bits per heavy atom. The second-order valence-electron chi connectivity index (χ2n) is 4.06. The Morgan fingerprint density at radius 2 is 2.00 bits per heavy atom. The summed E-state index contributed by atoms with van der Waals surface area (Å²) in [5, 5.41) is 2.63. The second kappa shape index (κ2) is 6.04. The normalized spacial score (nSPS) is 13.4. The van der Waals surface area contributed by atoms with Gasteiger partial charge in [0.2, 0.25) is 0 Å². The van der Waals surface area contributed by atoms with Crippen LogP contribution in [0.2, 0.25) is 0 Å². The van der Waals surface area contributed by atoms with E-state index >= 15 is 0 Å². The van der Waals surface area contributed by atoms with Crippen molar-refractivity contribution in [3.8, 4) is 5.75 Å². The minimum Gasteiger partial charge on any atom is -0.497 e. The Balaban J connectivity index is 2.53. The van der Waals surface area contributed by atoms with Crippen molar-refractivity contribution in [3.63, 3.8) is 0 Å². The molecule has 1 atom stereocenters. The van der Waals surface area contributed by atoms with Crippen LogP contribution < -0.4 is 10.1 Å². The summed E-state index contributed by atoms with van der Waals surface area (Å²) in [4.78, 5) is 0. The second-order valence-corrected chi connectivity index (χ2v) is 4.06. The molecule has 0 saturated carbocycles. The van der Waals surface area contributed by atoms with Crippen LogP contribution in [-0.2, 0) is 6.54 Å². The number of ether oxygens (including phenoxy) is 1. The highest BCUT2D eigenvalue weighted by atomic mass is 19.4. The van der Waals surface area contributed by atoms with E-state index in [4.69, 9.17) is 4.74 Å². The van der Waals surface area contributed by atoms with E-state index < -0.39 is 24.5 Å². The average molecular weight is 265 g/mol. The minimum absolute atomic E-state index is 0.0487. The van der Waals surface area contributed by atoms with Crippen LogP contribution in [0.3, 0.4) is 0 Å². The lowest BCUT2D eigenvalue weighted by Gasteiger charge is -2.16. The first-order chi connectivity index (χ1) is 8.31. The molecular formula is C12H15F4NO. The van der Waals surface area contributed by atoms with Crippen LogP contribution in [-0.4, -0.2) is 19.3 Å².